The molecule has 0 heterocycles. The second-order valence-electron chi connectivity index (χ2n) is 9.32. The Labute approximate surface area is 207 Å². The predicted octanol–water partition coefficient (Wildman–Crippen LogP) is 1.24. The van der Waals surface area contributed by atoms with Gasteiger partial charge in [-0.15, -0.1) is 0 Å². The minimum absolute atomic E-state index is 0.308. The van der Waals surface area contributed by atoms with E-state index in [-0.39, 0.29) is 0 Å². The van der Waals surface area contributed by atoms with Gasteiger partial charge in [0.25, 0.3) is 0 Å². The molecule has 38 heavy (non-hydrogen) atoms. The van der Waals surface area contributed by atoms with Gasteiger partial charge in [0.15, 0.2) is 0 Å². The van der Waals surface area contributed by atoms with Crippen LogP contribution in [0.4, 0.5) is 0 Å². The molecule has 8 heteroatoms. The monoisotopic (exact) mass is 498 g/mol. The third-order valence-corrected chi connectivity index (χ3v) is 7.23. The van der Waals surface area contributed by atoms with E-state index >= 15 is 0 Å². The SMILES string of the molecule is O=c1cc2c3cc(=O)c(=O)cc3c3cc4c5cc(=O)c(=O)cc5c5cc(=O)c(=O)cc5c4cc3c2cc1=O. The summed E-state index contributed by atoms with van der Waals surface area (Å²) in [5.41, 5.74) is -6.15. The number of hydrogen-bond donors (Lipinski definition) is 0. The first kappa shape index (κ1) is 21.8. The summed E-state index contributed by atoms with van der Waals surface area (Å²) in [5, 5.41) is 4.47. The van der Waals surface area contributed by atoms with Crippen molar-refractivity contribution < 1.29 is 0 Å². The van der Waals surface area contributed by atoms with E-state index in [1.807, 2.05) is 0 Å². The number of fused-ring (bicyclic) bond motifs is 12. The second-order valence-corrected chi connectivity index (χ2v) is 9.32. The van der Waals surface area contributed by atoms with Gasteiger partial charge in [-0.3, -0.25) is 38.4 Å². The highest BCUT2D eigenvalue weighted by Gasteiger charge is 2.17. The standard InChI is InChI=1S/C30H10O8/c31-23-3-15-11-1-12-14(2-13(11)17-5-25(33)29(37)9-21(17)19(15)7-27(23)35)18-6-26(34)30(38)10-22(18)20-8-28(36)24(32)4-16(12)20/h1-10H. The average molecular weight is 498 g/mol. The minimum atomic E-state index is -0.774. The lowest BCUT2D eigenvalue weighted by atomic mass is 9.88. The Bertz CT molecular complexity index is 2350. The number of rotatable bonds is 0. The molecule has 0 saturated heterocycles. The van der Waals surface area contributed by atoms with Crippen molar-refractivity contribution in [3.8, 4) is 0 Å². The summed E-state index contributed by atoms with van der Waals surface area (Å²) in [7, 11) is 0. The zero-order valence-corrected chi connectivity index (χ0v) is 19.0. The van der Waals surface area contributed by atoms with Crippen LogP contribution in [0.2, 0.25) is 0 Å². The van der Waals surface area contributed by atoms with Gasteiger partial charge in [-0.2, -0.15) is 0 Å². The Hall–Kier alpha value is -5.50. The highest BCUT2D eigenvalue weighted by Crippen LogP contribution is 2.40. The molecule has 0 bridgehead atoms. The third-order valence-electron chi connectivity index (χ3n) is 7.23. The minimum Gasteiger partial charge on any atom is -0.286 e. The summed E-state index contributed by atoms with van der Waals surface area (Å²) in [6, 6.07) is 12.5. The zero-order chi connectivity index (χ0) is 26.6. The smallest absolute Gasteiger partial charge is 0.226 e. The van der Waals surface area contributed by atoms with Crippen LogP contribution in [0, 0.1) is 0 Å². The van der Waals surface area contributed by atoms with Crippen LogP contribution in [0.15, 0.2) is 99.0 Å². The molecule has 0 atom stereocenters. The summed E-state index contributed by atoms with van der Waals surface area (Å²) < 4.78 is 0. The van der Waals surface area contributed by atoms with Crippen molar-refractivity contribution in [3.05, 3.63) is 142 Å². The zero-order valence-electron chi connectivity index (χ0n) is 19.0. The quantitative estimate of drug-likeness (QED) is 0.173. The van der Waals surface area contributed by atoms with Crippen LogP contribution in [0.25, 0.3) is 64.6 Å². The van der Waals surface area contributed by atoms with E-state index in [1.54, 1.807) is 12.1 Å². The van der Waals surface area contributed by atoms with Crippen molar-refractivity contribution >= 4 is 64.6 Å². The van der Waals surface area contributed by atoms with Crippen LogP contribution < -0.4 is 43.4 Å². The lowest BCUT2D eigenvalue weighted by molar-refractivity contribution is 1.51. The molecule has 0 fully saturated rings. The fourth-order valence-corrected chi connectivity index (χ4v) is 5.51. The third kappa shape index (κ3) is 2.74. The van der Waals surface area contributed by atoms with Crippen molar-refractivity contribution in [2.24, 2.45) is 0 Å². The normalized spacial score (nSPS) is 12.0. The van der Waals surface area contributed by atoms with Gasteiger partial charge in [-0.25, -0.2) is 0 Å². The van der Waals surface area contributed by atoms with E-state index in [2.05, 4.69) is 0 Å². The Kier molecular flexibility index (Phi) is 4.03. The van der Waals surface area contributed by atoms with Gasteiger partial charge >= 0.3 is 0 Å². The van der Waals surface area contributed by atoms with E-state index in [0.717, 1.165) is 24.3 Å². The number of hydrogen-bond acceptors (Lipinski definition) is 8. The van der Waals surface area contributed by atoms with E-state index < -0.39 is 43.4 Å². The lowest BCUT2D eigenvalue weighted by Gasteiger charge is -2.14. The Balaban J connectivity index is 1.91. The lowest BCUT2D eigenvalue weighted by Crippen LogP contribution is -2.23. The van der Waals surface area contributed by atoms with Crippen molar-refractivity contribution in [3.63, 3.8) is 0 Å². The first-order valence-corrected chi connectivity index (χ1v) is 11.4. The molecule has 0 aliphatic carbocycles. The highest BCUT2D eigenvalue weighted by atomic mass is 16.2. The molecule has 0 spiro atoms. The molecule has 0 aliphatic heterocycles. The summed E-state index contributed by atoms with van der Waals surface area (Å²) in [5.74, 6) is 0. The summed E-state index contributed by atoms with van der Waals surface area (Å²) in [4.78, 5) is 98.5. The molecular formula is C30H10O8. The van der Waals surface area contributed by atoms with Crippen LogP contribution in [0.3, 0.4) is 0 Å². The van der Waals surface area contributed by atoms with Crippen LogP contribution in [-0.4, -0.2) is 0 Å². The highest BCUT2D eigenvalue weighted by molar-refractivity contribution is 6.32. The molecule has 7 aromatic carbocycles. The van der Waals surface area contributed by atoms with Crippen molar-refractivity contribution in [2.45, 2.75) is 0 Å². The van der Waals surface area contributed by atoms with Gasteiger partial charge in [-0.1, -0.05) is 0 Å². The average Bonchev–Trinajstić information content (AvgIpc) is 2.88. The molecule has 0 aromatic heterocycles. The van der Waals surface area contributed by atoms with E-state index in [1.165, 1.54) is 24.3 Å². The predicted molar refractivity (Wildman–Crippen MR) is 146 cm³/mol. The van der Waals surface area contributed by atoms with Crippen LogP contribution >= 0.6 is 0 Å². The fourth-order valence-electron chi connectivity index (χ4n) is 5.51. The van der Waals surface area contributed by atoms with Gasteiger partial charge in [0.2, 0.25) is 43.4 Å². The molecule has 0 aliphatic rings. The molecule has 0 saturated carbocycles. The molecule has 0 unspecified atom stereocenters. The molecule has 7 rings (SSSR count). The maximum absolute atomic E-state index is 12.4. The van der Waals surface area contributed by atoms with Crippen LogP contribution in [0.5, 0.6) is 0 Å². The van der Waals surface area contributed by atoms with Crippen molar-refractivity contribution in [1.29, 1.82) is 0 Å². The van der Waals surface area contributed by atoms with E-state index in [4.69, 9.17) is 0 Å². The Morgan fingerprint density at radius 1 is 0.184 bits per heavy atom. The Morgan fingerprint density at radius 3 is 0.421 bits per heavy atom. The van der Waals surface area contributed by atoms with Crippen LogP contribution in [-0.2, 0) is 0 Å². The molecule has 0 radical (unpaired) electrons. The fraction of sp³-hybridized carbons (Fsp3) is 0. The summed E-state index contributed by atoms with van der Waals surface area (Å²) in [6.45, 7) is 0. The summed E-state index contributed by atoms with van der Waals surface area (Å²) in [6.07, 6.45) is 0. The molecule has 8 nitrogen and oxygen atoms in total. The molecule has 0 N–H and O–H groups in total. The topological polar surface area (TPSA) is 137 Å². The first-order valence-electron chi connectivity index (χ1n) is 11.4. The summed E-state index contributed by atoms with van der Waals surface area (Å²) >= 11 is 0. The first-order chi connectivity index (χ1) is 18.1. The van der Waals surface area contributed by atoms with Gasteiger partial charge < -0.3 is 0 Å². The van der Waals surface area contributed by atoms with Gasteiger partial charge in [0.1, 0.15) is 0 Å². The van der Waals surface area contributed by atoms with Crippen molar-refractivity contribution in [1.82, 2.24) is 0 Å². The molecule has 7 aromatic rings. The molecular weight excluding hydrogens is 488 g/mol. The van der Waals surface area contributed by atoms with E-state index in [9.17, 15) is 38.4 Å². The van der Waals surface area contributed by atoms with Crippen LogP contribution in [0.1, 0.15) is 0 Å². The largest absolute Gasteiger partial charge is 0.286 e. The van der Waals surface area contributed by atoms with E-state index in [0.29, 0.717) is 64.6 Å². The van der Waals surface area contributed by atoms with Gasteiger partial charge in [0.05, 0.1) is 0 Å². The van der Waals surface area contributed by atoms with Crippen molar-refractivity contribution in [2.75, 3.05) is 0 Å². The molecule has 0 amide bonds. The maximum Gasteiger partial charge on any atom is 0.226 e. The maximum atomic E-state index is 12.4. The molecule has 178 valence electrons. The second kappa shape index (κ2) is 7.04. The van der Waals surface area contributed by atoms with Gasteiger partial charge in [-0.05, 0) is 125 Å². The number of benzene rings is 7. The van der Waals surface area contributed by atoms with Gasteiger partial charge in [0, 0.05) is 0 Å². The Morgan fingerprint density at radius 2 is 0.289 bits per heavy atom.